The molecule has 0 aliphatic carbocycles. The molecule has 0 amide bonds. The molecule has 2 N–H and O–H groups in total. The first-order valence-corrected chi connectivity index (χ1v) is 8.38. The Morgan fingerprint density at radius 2 is 2.00 bits per heavy atom. The number of unbranched alkanes of at least 4 members (excludes halogenated alkanes) is 1. The van der Waals surface area contributed by atoms with Gasteiger partial charge in [0.1, 0.15) is 5.82 Å². The molecule has 1 rings (SSSR count). The summed E-state index contributed by atoms with van der Waals surface area (Å²) in [6.45, 7) is 4.47. The van der Waals surface area contributed by atoms with E-state index in [1.54, 1.807) is 6.92 Å². The highest BCUT2D eigenvalue weighted by Crippen LogP contribution is 2.26. The lowest BCUT2D eigenvalue weighted by atomic mass is 10.2. The lowest BCUT2D eigenvalue weighted by molar-refractivity contribution is 0.418. The van der Waals surface area contributed by atoms with Crippen molar-refractivity contribution in [3.05, 3.63) is 28.5 Å². The van der Waals surface area contributed by atoms with Gasteiger partial charge in [-0.15, -0.1) is 0 Å². The topological polar surface area (TPSA) is 63.4 Å². The largest absolute Gasteiger partial charge is 0.326 e. The standard InChI is InChI=1S/C13H20ClFN2O2S/c1-3-5-6-17(4-2)20(18,19)11-7-10(9-16)13(14)12(15)8-11/h7-8H,3-6,9,16H2,1-2H3. The molecular formula is C13H20ClFN2O2S. The van der Waals surface area contributed by atoms with Crippen LogP contribution in [0.1, 0.15) is 32.3 Å². The number of nitrogens with two attached hydrogens (primary N) is 1. The molecule has 0 atom stereocenters. The Balaban J connectivity index is 3.23. The molecule has 0 aromatic heterocycles. The fraction of sp³-hybridized carbons (Fsp3) is 0.538. The predicted octanol–water partition coefficient (Wildman–Crippen LogP) is 2.75. The first-order chi connectivity index (χ1) is 9.38. The summed E-state index contributed by atoms with van der Waals surface area (Å²) in [6, 6.07) is 2.29. The van der Waals surface area contributed by atoms with Gasteiger partial charge < -0.3 is 5.73 Å². The molecule has 20 heavy (non-hydrogen) atoms. The Kier molecular flexibility index (Phi) is 6.39. The quantitative estimate of drug-likeness (QED) is 0.839. The van der Waals surface area contributed by atoms with Crippen LogP contribution in [0.5, 0.6) is 0 Å². The monoisotopic (exact) mass is 322 g/mol. The maximum absolute atomic E-state index is 13.7. The van der Waals surface area contributed by atoms with Crippen molar-refractivity contribution in [2.24, 2.45) is 5.73 Å². The van der Waals surface area contributed by atoms with Gasteiger partial charge in [-0.3, -0.25) is 0 Å². The molecule has 0 saturated heterocycles. The summed E-state index contributed by atoms with van der Waals surface area (Å²) in [5, 5.41) is -0.122. The van der Waals surface area contributed by atoms with Gasteiger partial charge in [0.05, 0.1) is 9.92 Å². The van der Waals surface area contributed by atoms with Gasteiger partial charge in [0, 0.05) is 19.6 Å². The minimum absolute atomic E-state index is 0.0137. The van der Waals surface area contributed by atoms with Crippen molar-refractivity contribution in [3.63, 3.8) is 0 Å². The number of rotatable bonds is 7. The summed E-state index contributed by atoms with van der Waals surface area (Å²) < 4.78 is 40.0. The maximum Gasteiger partial charge on any atom is 0.243 e. The van der Waals surface area contributed by atoms with E-state index in [0.29, 0.717) is 13.1 Å². The molecule has 0 fully saturated rings. The number of benzene rings is 1. The predicted molar refractivity (Wildman–Crippen MR) is 78.6 cm³/mol. The SMILES string of the molecule is CCCCN(CC)S(=O)(=O)c1cc(F)c(Cl)c(CN)c1. The molecule has 0 bridgehead atoms. The third-order valence-electron chi connectivity index (χ3n) is 3.05. The third-order valence-corrected chi connectivity index (χ3v) is 5.42. The highest BCUT2D eigenvalue weighted by molar-refractivity contribution is 7.89. The first-order valence-electron chi connectivity index (χ1n) is 6.56. The number of halogens is 2. The average Bonchev–Trinajstić information content (AvgIpc) is 2.42. The molecule has 0 aliphatic heterocycles. The van der Waals surface area contributed by atoms with E-state index >= 15 is 0 Å². The number of sulfonamides is 1. The summed E-state index contributed by atoms with van der Waals surface area (Å²) in [7, 11) is -3.72. The van der Waals surface area contributed by atoms with Crippen molar-refractivity contribution in [1.82, 2.24) is 4.31 Å². The number of nitrogens with zero attached hydrogens (tertiary/aromatic N) is 1. The van der Waals surface area contributed by atoms with E-state index in [0.717, 1.165) is 18.9 Å². The molecule has 7 heteroatoms. The van der Waals surface area contributed by atoms with E-state index in [4.69, 9.17) is 17.3 Å². The van der Waals surface area contributed by atoms with Crippen LogP contribution in [0.25, 0.3) is 0 Å². The highest BCUT2D eigenvalue weighted by atomic mass is 35.5. The number of hydrogen-bond donors (Lipinski definition) is 1. The van der Waals surface area contributed by atoms with Crippen LogP contribution >= 0.6 is 11.6 Å². The summed E-state index contributed by atoms with van der Waals surface area (Å²) in [4.78, 5) is -0.0993. The van der Waals surface area contributed by atoms with Gasteiger partial charge in [0.25, 0.3) is 0 Å². The van der Waals surface area contributed by atoms with E-state index in [-0.39, 0.29) is 22.0 Å². The molecule has 0 unspecified atom stereocenters. The first kappa shape index (κ1) is 17.4. The molecule has 1 aromatic carbocycles. The van der Waals surface area contributed by atoms with Crippen LogP contribution < -0.4 is 5.73 Å². The Morgan fingerprint density at radius 3 is 2.50 bits per heavy atom. The zero-order valence-electron chi connectivity index (χ0n) is 11.7. The smallest absolute Gasteiger partial charge is 0.243 e. The second-order valence-electron chi connectivity index (χ2n) is 4.43. The van der Waals surface area contributed by atoms with E-state index in [1.165, 1.54) is 10.4 Å². The van der Waals surface area contributed by atoms with Crippen molar-refractivity contribution in [1.29, 1.82) is 0 Å². The summed E-state index contributed by atoms with van der Waals surface area (Å²) in [5.41, 5.74) is 5.75. The Morgan fingerprint density at radius 1 is 1.35 bits per heavy atom. The average molecular weight is 323 g/mol. The number of hydrogen-bond acceptors (Lipinski definition) is 3. The minimum atomic E-state index is -3.72. The fourth-order valence-electron chi connectivity index (χ4n) is 1.85. The van der Waals surface area contributed by atoms with Crippen molar-refractivity contribution in [2.45, 2.75) is 38.1 Å². The molecule has 1 aromatic rings. The molecule has 0 aliphatic rings. The van der Waals surface area contributed by atoms with Gasteiger partial charge in [-0.25, -0.2) is 12.8 Å². The van der Waals surface area contributed by atoms with Gasteiger partial charge in [-0.1, -0.05) is 31.9 Å². The van der Waals surface area contributed by atoms with Crippen LogP contribution in [0.3, 0.4) is 0 Å². The highest BCUT2D eigenvalue weighted by Gasteiger charge is 2.24. The second kappa shape index (κ2) is 7.36. The lowest BCUT2D eigenvalue weighted by Crippen LogP contribution is -2.32. The van der Waals surface area contributed by atoms with Crippen LogP contribution in [0.4, 0.5) is 4.39 Å². The van der Waals surface area contributed by atoms with Crippen LogP contribution in [-0.4, -0.2) is 25.8 Å². The summed E-state index contributed by atoms with van der Waals surface area (Å²) in [5.74, 6) is -0.764. The molecule has 0 heterocycles. The molecule has 4 nitrogen and oxygen atoms in total. The minimum Gasteiger partial charge on any atom is -0.326 e. The Bertz CT molecular complexity index is 564. The van der Waals surface area contributed by atoms with Crippen molar-refractivity contribution < 1.29 is 12.8 Å². The van der Waals surface area contributed by atoms with E-state index < -0.39 is 15.8 Å². The zero-order valence-corrected chi connectivity index (χ0v) is 13.3. The summed E-state index contributed by atoms with van der Waals surface area (Å²) >= 11 is 5.75. The molecule has 0 radical (unpaired) electrons. The van der Waals surface area contributed by atoms with Gasteiger partial charge in [0.2, 0.25) is 10.0 Å². The van der Waals surface area contributed by atoms with E-state index in [1.807, 2.05) is 6.92 Å². The van der Waals surface area contributed by atoms with Gasteiger partial charge in [-0.2, -0.15) is 4.31 Å². The van der Waals surface area contributed by atoms with E-state index in [2.05, 4.69) is 0 Å². The van der Waals surface area contributed by atoms with Crippen molar-refractivity contribution >= 4 is 21.6 Å². The zero-order chi connectivity index (χ0) is 15.3. The van der Waals surface area contributed by atoms with Crippen molar-refractivity contribution in [3.8, 4) is 0 Å². The summed E-state index contributed by atoms with van der Waals surface area (Å²) in [6.07, 6.45) is 1.64. The molecule has 0 saturated carbocycles. The second-order valence-corrected chi connectivity index (χ2v) is 6.75. The molecular weight excluding hydrogens is 303 g/mol. The Labute approximate surface area is 124 Å². The van der Waals surface area contributed by atoms with Crippen LogP contribution in [0, 0.1) is 5.82 Å². The van der Waals surface area contributed by atoms with Crippen molar-refractivity contribution in [2.75, 3.05) is 13.1 Å². The Hall–Kier alpha value is -0.690. The van der Waals surface area contributed by atoms with Gasteiger partial charge in [0.15, 0.2) is 0 Å². The maximum atomic E-state index is 13.7. The molecule has 0 spiro atoms. The van der Waals surface area contributed by atoms with Crippen LogP contribution in [0.15, 0.2) is 17.0 Å². The third kappa shape index (κ3) is 3.69. The van der Waals surface area contributed by atoms with Gasteiger partial charge >= 0.3 is 0 Å². The lowest BCUT2D eigenvalue weighted by Gasteiger charge is -2.21. The normalized spacial score (nSPS) is 12.1. The van der Waals surface area contributed by atoms with Crippen LogP contribution in [-0.2, 0) is 16.6 Å². The van der Waals surface area contributed by atoms with Crippen LogP contribution in [0.2, 0.25) is 5.02 Å². The van der Waals surface area contributed by atoms with Gasteiger partial charge in [-0.05, 0) is 24.1 Å². The fourth-order valence-corrected chi connectivity index (χ4v) is 3.59. The molecule has 114 valence electrons. The van der Waals surface area contributed by atoms with E-state index in [9.17, 15) is 12.8 Å².